The molecule has 1 aromatic carbocycles. The summed E-state index contributed by atoms with van der Waals surface area (Å²) < 4.78 is 5.43. The van der Waals surface area contributed by atoms with E-state index < -0.39 is 23.9 Å². The van der Waals surface area contributed by atoms with Crippen LogP contribution >= 0.6 is 0 Å². The van der Waals surface area contributed by atoms with E-state index in [-0.39, 0.29) is 36.8 Å². The molecule has 1 saturated heterocycles. The molecule has 2 aliphatic carbocycles. The Kier molecular flexibility index (Phi) is 8.65. The number of nitrogens with zero attached hydrogens (tertiary/aromatic N) is 1. The molecule has 0 aromatic heterocycles. The van der Waals surface area contributed by atoms with Crippen LogP contribution in [0.5, 0.6) is 5.75 Å². The first-order valence-electron chi connectivity index (χ1n) is 13.2. The maximum absolute atomic E-state index is 13.6. The third-order valence-electron chi connectivity index (χ3n) is 8.18. The molecule has 0 spiro atoms. The van der Waals surface area contributed by atoms with Crippen LogP contribution in [0.3, 0.4) is 0 Å². The predicted molar refractivity (Wildman–Crippen MR) is 137 cm³/mol. The highest BCUT2D eigenvalue weighted by Gasteiger charge is 2.56. The van der Waals surface area contributed by atoms with Crippen molar-refractivity contribution >= 4 is 17.9 Å². The SMILES string of the molecule is COCC1=C([C@H](O)CC/C(C)=C/c2ccccc2O)[C@H](CO)[C@@H]2C(=O)N(C3CCCCC3)C(=O)[C@@H]2C1. The average Bonchev–Trinajstić information content (AvgIpc) is 3.13. The first-order valence-corrected chi connectivity index (χ1v) is 13.2. The Balaban J connectivity index is 1.55. The van der Waals surface area contributed by atoms with E-state index in [9.17, 15) is 24.9 Å². The minimum atomic E-state index is -0.868. The number of para-hydroxylation sites is 1. The van der Waals surface area contributed by atoms with Crippen molar-refractivity contribution in [1.29, 1.82) is 0 Å². The van der Waals surface area contributed by atoms with Gasteiger partial charge in [-0.3, -0.25) is 14.5 Å². The van der Waals surface area contributed by atoms with E-state index in [4.69, 9.17) is 4.74 Å². The second-order valence-corrected chi connectivity index (χ2v) is 10.6. The Morgan fingerprint density at radius 3 is 2.56 bits per heavy atom. The van der Waals surface area contributed by atoms with Gasteiger partial charge >= 0.3 is 0 Å². The second-order valence-electron chi connectivity index (χ2n) is 10.6. The summed E-state index contributed by atoms with van der Waals surface area (Å²) in [4.78, 5) is 28.5. The van der Waals surface area contributed by atoms with Gasteiger partial charge in [0.2, 0.25) is 11.8 Å². The quantitative estimate of drug-likeness (QED) is 0.354. The molecule has 7 nitrogen and oxygen atoms in total. The summed E-state index contributed by atoms with van der Waals surface area (Å²) in [6.07, 6.45) is 7.24. The molecule has 4 atom stereocenters. The van der Waals surface area contributed by atoms with Crippen molar-refractivity contribution in [2.45, 2.75) is 70.4 Å². The van der Waals surface area contributed by atoms with Crippen LogP contribution in [0.25, 0.3) is 6.08 Å². The van der Waals surface area contributed by atoms with Crippen LogP contribution in [-0.4, -0.2) is 64.5 Å². The normalized spacial score (nSPS) is 26.5. The lowest BCUT2D eigenvalue weighted by Gasteiger charge is -2.36. The number of benzene rings is 1. The first-order chi connectivity index (χ1) is 17.4. The number of fused-ring (bicyclic) bond motifs is 1. The summed E-state index contributed by atoms with van der Waals surface area (Å²) >= 11 is 0. The lowest BCUT2D eigenvalue weighted by Crippen LogP contribution is -2.42. The number of phenolic OH excluding ortho intramolecular Hbond substituents is 1. The number of hydrogen-bond acceptors (Lipinski definition) is 6. The van der Waals surface area contributed by atoms with Gasteiger partial charge in [0, 0.05) is 24.6 Å². The van der Waals surface area contributed by atoms with Crippen molar-refractivity contribution in [3.63, 3.8) is 0 Å². The zero-order chi connectivity index (χ0) is 25.8. The van der Waals surface area contributed by atoms with Gasteiger partial charge in [-0.25, -0.2) is 0 Å². The zero-order valence-electron chi connectivity index (χ0n) is 21.4. The number of methoxy groups -OCH3 is 1. The number of hydrogen-bond donors (Lipinski definition) is 3. The van der Waals surface area contributed by atoms with E-state index in [1.807, 2.05) is 25.1 Å². The van der Waals surface area contributed by atoms with Gasteiger partial charge in [0.1, 0.15) is 5.75 Å². The lowest BCUT2D eigenvalue weighted by molar-refractivity contribution is -0.143. The van der Waals surface area contributed by atoms with Gasteiger partial charge in [-0.2, -0.15) is 0 Å². The highest BCUT2D eigenvalue weighted by molar-refractivity contribution is 6.06. The van der Waals surface area contributed by atoms with Crippen LogP contribution in [0.15, 0.2) is 41.0 Å². The third-order valence-corrected chi connectivity index (χ3v) is 8.18. The van der Waals surface area contributed by atoms with Gasteiger partial charge in [0.15, 0.2) is 0 Å². The number of aliphatic hydroxyl groups excluding tert-OH is 2. The highest BCUT2D eigenvalue weighted by atomic mass is 16.5. The van der Waals surface area contributed by atoms with Crippen molar-refractivity contribution in [3.05, 3.63) is 46.5 Å². The molecule has 4 rings (SSSR count). The molecule has 0 radical (unpaired) electrons. The number of allylic oxidation sites excluding steroid dienone is 1. The van der Waals surface area contributed by atoms with Crippen LogP contribution in [-0.2, 0) is 14.3 Å². The minimum Gasteiger partial charge on any atom is -0.507 e. The number of carbonyl (C=O) groups excluding carboxylic acids is 2. The number of aromatic hydroxyl groups is 1. The first kappa shape index (κ1) is 26.6. The van der Waals surface area contributed by atoms with Gasteiger partial charge in [0.05, 0.1) is 31.2 Å². The van der Waals surface area contributed by atoms with Crippen LogP contribution < -0.4 is 0 Å². The summed E-state index contributed by atoms with van der Waals surface area (Å²) in [5, 5.41) is 31.8. The fourth-order valence-corrected chi connectivity index (χ4v) is 6.46. The minimum absolute atomic E-state index is 0.0508. The Morgan fingerprint density at radius 2 is 1.89 bits per heavy atom. The molecule has 36 heavy (non-hydrogen) atoms. The van der Waals surface area contributed by atoms with Crippen molar-refractivity contribution in [2.24, 2.45) is 17.8 Å². The molecule has 1 heterocycles. The maximum atomic E-state index is 13.6. The lowest BCUT2D eigenvalue weighted by atomic mass is 9.68. The molecular weight excluding hydrogens is 458 g/mol. The number of imide groups is 1. The second kappa shape index (κ2) is 11.7. The number of aliphatic hydroxyl groups is 2. The fourth-order valence-electron chi connectivity index (χ4n) is 6.46. The maximum Gasteiger partial charge on any atom is 0.234 e. The standard InChI is InChI=1S/C29H39NO6/c1-18(14-19-8-6-7-11-24(19)32)12-13-25(33)26-20(17-36-2)15-22-27(23(26)16-31)29(35)30(28(22)34)21-9-4-3-5-10-21/h6-8,11,14,21-23,25,27,31-33H,3-5,9-10,12-13,15-17H2,1-2H3/b18-14+/t22-,23+,25-,27-/m1/s1. The Labute approximate surface area is 213 Å². The van der Waals surface area contributed by atoms with Gasteiger partial charge in [-0.1, -0.05) is 49.1 Å². The highest BCUT2D eigenvalue weighted by Crippen LogP contribution is 2.47. The largest absolute Gasteiger partial charge is 0.507 e. The molecule has 1 aliphatic heterocycles. The molecule has 1 saturated carbocycles. The summed E-state index contributed by atoms with van der Waals surface area (Å²) in [6, 6.07) is 7.04. The van der Waals surface area contributed by atoms with E-state index in [1.54, 1.807) is 19.2 Å². The smallest absolute Gasteiger partial charge is 0.234 e. The van der Waals surface area contributed by atoms with Gasteiger partial charge < -0.3 is 20.1 Å². The molecule has 2 fully saturated rings. The predicted octanol–water partition coefficient (Wildman–Crippen LogP) is 3.83. The zero-order valence-corrected chi connectivity index (χ0v) is 21.4. The van der Waals surface area contributed by atoms with E-state index in [2.05, 4.69) is 0 Å². The van der Waals surface area contributed by atoms with Crippen molar-refractivity contribution < 1.29 is 29.6 Å². The van der Waals surface area contributed by atoms with Crippen molar-refractivity contribution in [1.82, 2.24) is 4.90 Å². The number of phenols is 1. The summed E-state index contributed by atoms with van der Waals surface area (Å²) in [5.74, 6) is -1.84. The molecule has 1 aromatic rings. The summed E-state index contributed by atoms with van der Waals surface area (Å²) in [6.45, 7) is 1.90. The number of ether oxygens (including phenoxy) is 1. The van der Waals surface area contributed by atoms with Crippen LogP contribution in [0.1, 0.15) is 63.9 Å². The van der Waals surface area contributed by atoms with E-state index >= 15 is 0 Å². The van der Waals surface area contributed by atoms with E-state index in [1.165, 1.54) is 4.90 Å². The molecule has 3 aliphatic rings. The van der Waals surface area contributed by atoms with Crippen LogP contribution in [0.2, 0.25) is 0 Å². The van der Waals surface area contributed by atoms with E-state index in [0.29, 0.717) is 24.8 Å². The molecule has 0 bridgehead atoms. The third kappa shape index (κ3) is 5.29. The summed E-state index contributed by atoms with van der Waals surface area (Å²) in [5.41, 5.74) is 3.19. The topological polar surface area (TPSA) is 107 Å². The van der Waals surface area contributed by atoms with E-state index in [0.717, 1.165) is 48.8 Å². The molecule has 0 unspecified atom stereocenters. The van der Waals surface area contributed by atoms with Crippen LogP contribution in [0.4, 0.5) is 0 Å². The monoisotopic (exact) mass is 497 g/mol. The molecular formula is C29H39NO6. The Morgan fingerprint density at radius 1 is 1.17 bits per heavy atom. The van der Waals surface area contributed by atoms with Gasteiger partial charge in [-0.15, -0.1) is 0 Å². The number of likely N-dealkylation sites (tertiary alicyclic amines) is 1. The van der Waals surface area contributed by atoms with Gasteiger partial charge in [0.25, 0.3) is 0 Å². The Hall–Kier alpha value is -2.48. The average molecular weight is 498 g/mol. The summed E-state index contributed by atoms with van der Waals surface area (Å²) in [7, 11) is 1.58. The fraction of sp³-hybridized carbons (Fsp3) is 0.586. The number of carbonyl (C=O) groups is 2. The van der Waals surface area contributed by atoms with Crippen molar-refractivity contribution in [2.75, 3.05) is 20.3 Å². The Bertz CT molecular complexity index is 1020. The molecule has 7 heteroatoms. The van der Waals surface area contributed by atoms with Crippen LogP contribution in [0, 0.1) is 17.8 Å². The number of rotatable bonds is 9. The molecule has 196 valence electrons. The molecule has 2 amide bonds. The van der Waals surface area contributed by atoms with Gasteiger partial charge in [-0.05, 0) is 56.2 Å². The van der Waals surface area contributed by atoms with Crippen molar-refractivity contribution in [3.8, 4) is 5.75 Å². The molecule has 3 N–H and O–H groups in total. The number of amides is 2.